The highest BCUT2D eigenvalue weighted by atomic mass is 16.4. The molecule has 0 spiro atoms. The topological polar surface area (TPSA) is 68.0 Å². The molecule has 0 saturated carbocycles. The van der Waals surface area contributed by atoms with E-state index in [1.807, 2.05) is 62.4 Å². The first-order valence-corrected chi connectivity index (χ1v) is 8.96. The van der Waals surface area contributed by atoms with Crippen LogP contribution in [0, 0.1) is 13.8 Å². The smallest absolute Gasteiger partial charge is 0.340 e. The highest BCUT2D eigenvalue weighted by molar-refractivity contribution is 6.01. The molecule has 2 aromatic heterocycles. The molecule has 4 aromatic rings. The van der Waals surface area contributed by atoms with E-state index in [9.17, 15) is 9.90 Å². The van der Waals surface area contributed by atoms with Crippen molar-refractivity contribution in [3.05, 3.63) is 89.7 Å². The first kappa shape index (κ1) is 17.7. The van der Waals surface area contributed by atoms with E-state index >= 15 is 0 Å². The maximum Gasteiger partial charge on any atom is 0.340 e. The van der Waals surface area contributed by atoms with Gasteiger partial charge in [-0.15, -0.1) is 0 Å². The molecule has 0 saturated heterocycles. The molecule has 2 aromatic carbocycles. The summed E-state index contributed by atoms with van der Waals surface area (Å²) in [5.74, 6) is -1.01. The van der Waals surface area contributed by atoms with E-state index in [0.717, 1.165) is 16.8 Å². The minimum absolute atomic E-state index is 0.177. The molecule has 0 aliphatic carbocycles. The number of hydrogen-bond donors (Lipinski definition) is 1. The number of nitrogens with zero attached hydrogens (tertiary/aromatic N) is 3. The van der Waals surface area contributed by atoms with Crippen molar-refractivity contribution in [1.29, 1.82) is 0 Å². The third kappa shape index (κ3) is 3.07. The van der Waals surface area contributed by atoms with Crippen LogP contribution in [0.3, 0.4) is 0 Å². The van der Waals surface area contributed by atoms with Crippen LogP contribution in [0.25, 0.3) is 28.2 Å². The molecule has 5 nitrogen and oxygen atoms in total. The number of carbonyl (C=O) groups is 1. The second-order valence-corrected chi connectivity index (χ2v) is 6.66. The maximum absolute atomic E-state index is 12.3. The maximum atomic E-state index is 12.3. The Bertz CT molecular complexity index is 1150. The van der Waals surface area contributed by atoms with Crippen molar-refractivity contribution in [2.45, 2.75) is 13.8 Å². The van der Waals surface area contributed by atoms with E-state index in [2.05, 4.69) is 4.98 Å². The molecular weight excluding hydrogens is 350 g/mol. The molecule has 1 N–H and O–H groups in total. The first-order valence-electron chi connectivity index (χ1n) is 8.96. The van der Waals surface area contributed by atoms with Gasteiger partial charge in [0.1, 0.15) is 11.3 Å². The standard InChI is InChI=1S/C23H19N3O2/c1-15-8-9-19(14-16(15)2)26-22(18-6-4-3-5-7-18)20(23(27)28)21(25-26)17-10-12-24-13-11-17/h3-14H,1-2H3,(H,27,28). The van der Waals surface area contributed by atoms with Gasteiger partial charge in [0.25, 0.3) is 0 Å². The number of rotatable bonds is 4. The van der Waals surface area contributed by atoms with Gasteiger partial charge in [0.2, 0.25) is 0 Å². The quantitative estimate of drug-likeness (QED) is 0.555. The zero-order valence-corrected chi connectivity index (χ0v) is 15.6. The third-order valence-electron chi connectivity index (χ3n) is 4.84. The normalized spacial score (nSPS) is 10.8. The lowest BCUT2D eigenvalue weighted by molar-refractivity contribution is 0.0698. The number of aromatic carboxylic acids is 1. The monoisotopic (exact) mass is 369 g/mol. The number of pyridine rings is 1. The van der Waals surface area contributed by atoms with Crippen LogP contribution in [0.5, 0.6) is 0 Å². The second-order valence-electron chi connectivity index (χ2n) is 6.66. The molecule has 0 fully saturated rings. The van der Waals surface area contributed by atoms with Crippen molar-refractivity contribution in [3.63, 3.8) is 0 Å². The molecule has 0 amide bonds. The van der Waals surface area contributed by atoms with Gasteiger partial charge in [0, 0.05) is 23.5 Å². The summed E-state index contributed by atoms with van der Waals surface area (Å²) in [6.45, 7) is 4.08. The van der Waals surface area contributed by atoms with Gasteiger partial charge >= 0.3 is 5.97 Å². The average Bonchev–Trinajstić information content (AvgIpc) is 3.12. The number of aromatic nitrogens is 3. The molecule has 0 atom stereocenters. The molecule has 138 valence electrons. The molecule has 0 aliphatic heterocycles. The predicted octanol–water partition coefficient (Wildman–Crippen LogP) is 4.92. The van der Waals surface area contributed by atoms with Crippen LogP contribution in [0.1, 0.15) is 21.5 Å². The van der Waals surface area contributed by atoms with Gasteiger partial charge in [-0.3, -0.25) is 4.98 Å². The minimum Gasteiger partial charge on any atom is -0.478 e. The summed E-state index contributed by atoms with van der Waals surface area (Å²) in [6, 6.07) is 19.0. The Morgan fingerprint density at radius 2 is 1.61 bits per heavy atom. The summed E-state index contributed by atoms with van der Waals surface area (Å²) >= 11 is 0. The summed E-state index contributed by atoms with van der Waals surface area (Å²) in [5, 5.41) is 14.8. The number of carboxylic acid groups (broad SMARTS) is 1. The number of benzene rings is 2. The Morgan fingerprint density at radius 1 is 0.893 bits per heavy atom. The van der Waals surface area contributed by atoms with E-state index < -0.39 is 5.97 Å². The lowest BCUT2D eigenvalue weighted by Gasteiger charge is -2.10. The zero-order valence-electron chi connectivity index (χ0n) is 15.6. The molecule has 0 unspecified atom stereocenters. The van der Waals surface area contributed by atoms with Crippen LogP contribution in [0.4, 0.5) is 0 Å². The SMILES string of the molecule is Cc1ccc(-n2nc(-c3ccncc3)c(C(=O)O)c2-c2ccccc2)cc1C. The Morgan fingerprint density at radius 3 is 2.25 bits per heavy atom. The van der Waals surface area contributed by atoms with Gasteiger partial charge in [0.05, 0.1) is 11.4 Å². The largest absolute Gasteiger partial charge is 0.478 e. The molecule has 28 heavy (non-hydrogen) atoms. The number of carboxylic acids is 1. The lowest BCUT2D eigenvalue weighted by atomic mass is 10.0. The van der Waals surface area contributed by atoms with Crippen LogP contribution >= 0.6 is 0 Å². The Kier molecular flexibility index (Phi) is 4.49. The van der Waals surface area contributed by atoms with E-state index in [4.69, 9.17) is 5.10 Å². The van der Waals surface area contributed by atoms with Crippen molar-refractivity contribution in [1.82, 2.24) is 14.8 Å². The van der Waals surface area contributed by atoms with Gasteiger partial charge in [-0.1, -0.05) is 36.4 Å². The van der Waals surface area contributed by atoms with Crippen molar-refractivity contribution in [2.24, 2.45) is 0 Å². The van der Waals surface area contributed by atoms with Gasteiger partial charge < -0.3 is 5.11 Å². The van der Waals surface area contributed by atoms with Crippen LogP contribution in [0.2, 0.25) is 0 Å². The fraction of sp³-hybridized carbons (Fsp3) is 0.0870. The summed E-state index contributed by atoms with van der Waals surface area (Å²) in [7, 11) is 0. The van der Waals surface area contributed by atoms with Crippen molar-refractivity contribution < 1.29 is 9.90 Å². The molecule has 0 radical (unpaired) electrons. The molecular formula is C23H19N3O2. The second kappa shape index (κ2) is 7.12. The predicted molar refractivity (Wildman–Crippen MR) is 109 cm³/mol. The molecule has 0 bridgehead atoms. The van der Waals surface area contributed by atoms with E-state index in [1.165, 1.54) is 5.56 Å². The minimum atomic E-state index is -1.01. The fourth-order valence-electron chi connectivity index (χ4n) is 3.24. The number of hydrogen-bond acceptors (Lipinski definition) is 3. The van der Waals surface area contributed by atoms with Crippen molar-refractivity contribution in [2.75, 3.05) is 0 Å². The summed E-state index contributed by atoms with van der Waals surface area (Å²) in [4.78, 5) is 16.3. The van der Waals surface area contributed by atoms with Crippen LogP contribution < -0.4 is 0 Å². The van der Waals surface area contributed by atoms with Crippen LogP contribution in [-0.4, -0.2) is 25.8 Å². The highest BCUT2D eigenvalue weighted by Gasteiger charge is 2.26. The number of aryl methyl sites for hydroxylation is 2. The molecule has 2 heterocycles. The summed E-state index contributed by atoms with van der Waals surface area (Å²) in [5.41, 5.74) is 5.79. The van der Waals surface area contributed by atoms with Crippen LogP contribution in [-0.2, 0) is 0 Å². The average molecular weight is 369 g/mol. The van der Waals surface area contributed by atoms with E-state index in [-0.39, 0.29) is 5.56 Å². The highest BCUT2D eigenvalue weighted by Crippen LogP contribution is 2.34. The zero-order chi connectivity index (χ0) is 19.7. The Balaban J connectivity index is 2.07. The van der Waals surface area contributed by atoms with Gasteiger partial charge in [-0.25, -0.2) is 9.48 Å². The molecule has 4 rings (SSSR count). The third-order valence-corrected chi connectivity index (χ3v) is 4.84. The Labute approximate surface area is 162 Å². The summed E-state index contributed by atoms with van der Waals surface area (Å²) < 4.78 is 1.72. The van der Waals surface area contributed by atoms with E-state index in [0.29, 0.717) is 17.0 Å². The lowest BCUT2D eigenvalue weighted by Crippen LogP contribution is -2.03. The first-order chi connectivity index (χ1) is 13.6. The van der Waals surface area contributed by atoms with Gasteiger partial charge in [-0.2, -0.15) is 5.10 Å². The van der Waals surface area contributed by atoms with E-state index in [1.54, 1.807) is 29.2 Å². The van der Waals surface area contributed by atoms with Crippen molar-refractivity contribution in [3.8, 4) is 28.2 Å². The fourth-order valence-corrected chi connectivity index (χ4v) is 3.24. The van der Waals surface area contributed by atoms with Crippen molar-refractivity contribution >= 4 is 5.97 Å². The molecule has 0 aliphatic rings. The van der Waals surface area contributed by atoms with Gasteiger partial charge in [0.15, 0.2) is 0 Å². The molecule has 5 heteroatoms. The van der Waals surface area contributed by atoms with Gasteiger partial charge in [-0.05, 0) is 49.2 Å². The Hall–Kier alpha value is -3.73. The van der Waals surface area contributed by atoms with Crippen LogP contribution in [0.15, 0.2) is 73.1 Å². The summed E-state index contributed by atoms with van der Waals surface area (Å²) in [6.07, 6.45) is 3.27.